The Hall–Kier alpha value is -2.48. The summed E-state index contributed by atoms with van der Waals surface area (Å²) in [5, 5.41) is 14.3. The van der Waals surface area contributed by atoms with Crippen LogP contribution in [0, 0.1) is 6.92 Å². The number of aliphatic carboxylic acids is 1. The number of anilines is 2. The van der Waals surface area contributed by atoms with Gasteiger partial charge in [0.25, 0.3) is 0 Å². The Balaban J connectivity index is 1.87. The van der Waals surface area contributed by atoms with Crippen molar-refractivity contribution in [3.63, 3.8) is 0 Å². The Labute approximate surface area is 125 Å². The van der Waals surface area contributed by atoms with Crippen molar-refractivity contribution >= 4 is 34.4 Å². The van der Waals surface area contributed by atoms with Crippen LogP contribution >= 0.6 is 11.5 Å². The molecule has 1 heterocycles. The van der Waals surface area contributed by atoms with Crippen molar-refractivity contribution in [2.45, 2.75) is 19.8 Å². The van der Waals surface area contributed by atoms with Crippen LogP contribution in [-0.4, -0.2) is 26.5 Å². The third kappa shape index (κ3) is 4.84. The van der Waals surface area contributed by atoms with Gasteiger partial charge < -0.3 is 10.4 Å². The summed E-state index contributed by atoms with van der Waals surface area (Å²) in [6.45, 7) is 1.75. The Morgan fingerprint density at radius 1 is 1.24 bits per heavy atom. The number of carbonyl (C=O) groups is 2. The van der Waals surface area contributed by atoms with Gasteiger partial charge in [-0.1, -0.05) is 12.1 Å². The standard InChI is InChI=1S/C13H14N4O3S/c1-8-14-13(21-17-8)16-12(20)15-10-5-2-9(3-6-10)4-7-11(18)19/h2-3,5-6H,4,7H2,1H3,(H,18,19)(H2,14,15,16,17,20). The second kappa shape index (κ2) is 6.80. The first-order valence-electron chi connectivity index (χ1n) is 6.22. The third-order valence-corrected chi connectivity index (χ3v) is 3.31. The molecule has 0 saturated heterocycles. The predicted molar refractivity (Wildman–Crippen MR) is 79.7 cm³/mol. The van der Waals surface area contributed by atoms with Gasteiger partial charge in [-0.15, -0.1) is 0 Å². The smallest absolute Gasteiger partial charge is 0.325 e. The molecule has 2 aromatic rings. The molecule has 1 aromatic carbocycles. The average molecular weight is 306 g/mol. The van der Waals surface area contributed by atoms with E-state index in [1.54, 1.807) is 31.2 Å². The van der Waals surface area contributed by atoms with E-state index in [1.165, 1.54) is 0 Å². The number of carboxylic acid groups (broad SMARTS) is 1. The lowest BCUT2D eigenvalue weighted by Crippen LogP contribution is -2.19. The van der Waals surface area contributed by atoms with Crippen LogP contribution in [0.1, 0.15) is 17.8 Å². The first-order valence-corrected chi connectivity index (χ1v) is 6.99. The van der Waals surface area contributed by atoms with Gasteiger partial charge in [-0.05, 0) is 31.0 Å². The molecule has 0 unspecified atom stereocenters. The van der Waals surface area contributed by atoms with E-state index >= 15 is 0 Å². The molecular formula is C13H14N4O3S. The number of rotatable bonds is 5. The van der Waals surface area contributed by atoms with Gasteiger partial charge in [0, 0.05) is 23.6 Å². The van der Waals surface area contributed by atoms with E-state index in [-0.39, 0.29) is 6.42 Å². The van der Waals surface area contributed by atoms with Crippen LogP contribution < -0.4 is 10.6 Å². The summed E-state index contributed by atoms with van der Waals surface area (Å²) in [5.74, 6) is -0.220. The van der Waals surface area contributed by atoms with Crippen LogP contribution in [-0.2, 0) is 11.2 Å². The fraction of sp³-hybridized carbons (Fsp3) is 0.231. The van der Waals surface area contributed by atoms with Crippen LogP contribution in [0.15, 0.2) is 24.3 Å². The summed E-state index contributed by atoms with van der Waals surface area (Å²) < 4.78 is 3.96. The van der Waals surface area contributed by atoms with Gasteiger partial charge >= 0.3 is 12.0 Å². The maximum absolute atomic E-state index is 11.7. The van der Waals surface area contributed by atoms with E-state index in [0.29, 0.717) is 23.1 Å². The average Bonchev–Trinajstić information content (AvgIpc) is 2.83. The van der Waals surface area contributed by atoms with Crippen LogP contribution in [0.5, 0.6) is 0 Å². The number of urea groups is 1. The molecule has 2 amide bonds. The number of aryl methyl sites for hydroxylation is 2. The third-order valence-electron chi connectivity index (χ3n) is 2.59. The highest BCUT2D eigenvalue weighted by atomic mass is 32.1. The maximum Gasteiger partial charge on any atom is 0.325 e. The molecule has 0 saturated carbocycles. The van der Waals surface area contributed by atoms with Gasteiger partial charge in [0.05, 0.1) is 0 Å². The molecule has 0 spiro atoms. The van der Waals surface area contributed by atoms with Gasteiger partial charge in [0.2, 0.25) is 5.13 Å². The van der Waals surface area contributed by atoms with Crippen molar-refractivity contribution in [1.29, 1.82) is 0 Å². The van der Waals surface area contributed by atoms with E-state index in [2.05, 4.69) is 20.0 Å². The summed E-state index contributed by atoms with van der Waals surface area (Å²) in [7, 11) is 0. The summed E-state index contributed by atoms with van der Waals surface area (Å²) in [5.41, 5.74) is 1.52. The van der Waals surface area contributed by atoms with Gasteiger partial charge in [-0.2, -0.15) is 4.37 Å². The van der Waals surface area contributed by atoms with Crippen molar-refractivity contribution in [2.75, 3.05) is 10.6 Å². The summed E-state index contributed by atoms with van der Waals surface area (Å²) in [6.07, 6.45) is 0.551. The van der Waals surface area contributed by atoms with Crippen molar-refractivity contribution in [3.8, 4) is 0 Å². The number of nitrogens with one attached hydrogen (secondary N) is 2. The zero-order valence-corrected chi connectivity index (χ0v) is 12.1. The Morgan fingerprint density at radius 2 is 1.95 bits per heavy atom. The van der Waals surface area contributed by atoms with Crippen molar-refractivity contribution in [3.05, 3.63) is 35.7 Å². The number of nitrogens with zero attached hydrogens (tertiary/aromatic N) is 2. The molecule has 110 valence electrons. The summed E-state index contributed by atoms with van der Waals surface area (Å²) >= 11 is 1.11. The molecule has 0 aliphatic rings. The normalized spacial score (nSPS) is 10.1. The number of hydrogen-bond acceptors (Lipinski definition) is 5. The Kier molecular flexibility index (Phi) is 4.83. The van der Waals surface area contributed by atoms with E-state index in [9.17, 15) is 9.59 Å². The summed E-state index contributed by atoms with van der Waals surface area (Å²) in [4.78, 5) is 26.2. The highest BCUT2D eigenvalue weighted by molar-refractivity contribution is 7.09. The molecule has 3 N–H and O–H groups in total. The van der Waals surface area contributed by atoms with E-state index < -0.39 is 12.0 Å². The molecule has 0 aliphatic heterocycles. The van der Waals surface area contributed by atoms with Gasteiger partial charge in [0.15, 0.2) is 0 Å². The zero-order chi connectivity index (χ0) is 15.2. The molecule has 2 rings (SSSR count). The van der Waals surface area contributed by atoms with E-state index in [1.807, 2.05) is 0 Å². The number of hydrogen-bond donors (Lipinski definition) is 3. The van der Waals surface area contributed by atoms with Crippen LogP contribution in [0.2, 0.25) is 0 Å². The van der Waals surface area contributed by atoms with E-state index in [4.69, 9.17) is 5.11 Å². The monoisotopic (exact) mass is 306 g/mol. The second-order valence-electron chi connectivity index (χ2n) is 4.32. The minimum absolute atomic E-state index is 0.0870. The number of carbonyl (C=O) groups excluding carboxylic acids is 1. The second-order valence-corrected chi connectivity index (χ2v) is 5.07. The number of aromatic nitrogens is 2. The number of benzene rings is 1. The molecule has 1 aromatic heterocycles. The van der Waals surface area contributed by atoms with Crippen LogP contribution in [0.4, 0.5) is 15.6 Å². The quantitative estimate of drug-likeness (QED) is 0.787. The number of carboxylic acids is 1. The fourth-order valence-electron chi connectivity index (χ4n) is 1.61. The molecule has 21 heavy (non-hydrogen) atoms. The van der Waals surface area contributed by atoms with Crippen molar-refractivity contribution < 1.29 is 14.7 Å². The van der Waals surface area contributed by atoms with Crippen molar-refractivity contribution in [2.24, 2.45) is 0 Å². The minimum atomic E-state index is -0.830. The highest BCUT2D eigenvalue weighted by Crippen LogP contribution is 2.13. The van der Waals surface area contributed by atoms with Crippen LogP contribution in [0.3, 0.4) is 0 Å². The molecule has 7 nitrogen and oxygen atoms in total. The Bertz CT molecular complexity index is 639. The lowest BCUT2D eigenvalue weighted by Gasteiger charge is -2.06. The largest absolute Gasteiger partial charge is 0.481 e. The number of amides is 2. The topological polar surface area (TPSA) is 104 Å². The molecule has 0 radical (unpaired) electrons. The van der Waals surface area contributed by atoms with Gasteiger partial charge in [-0.3, -0.25) is 10.1 Å². The lowest BCUT2D eigenvalue weighted by molar-refractivity contribution is -0.136. The lowest BCUT2D eigenvalue weighted by atomic mass is 10.1. The zero-order valence-electron chi connectivity index (χ0n) is 11.3. The molecule has 0 aliphatic carbocycles. The van der Waals surface area contributed by atoms with Gasteiger partial charge in [-0.25, -0.2) is 9.78 Å². The van der Waals surface area contributed by atoms with Crippen molar-refractivity contribution in [1.82, 2.24) is 9.36 Å². The predicted octanol–water partition coefficient (Wildman–Crippen LogP) is 2.51. The van der Waals surface area contributed by atoms with Gasteiger partial charge in [0.1, 0.15) is 5.82 Å². The molecule has 0 bridgehead atoms. The molecular weight excluding hydrogens is 292 g/mol. The molecule has 0 fully saturated rings. The fourth-order valence-corrected chi connectivity index (χ4v) is 2.18. The summed E-state index contributed by atoms with van der Waals surface area (Å²) in [6, 6.07) is 6.62. The highest BCUT2D eigenvalue weighted by Gasteiger charge is 2.06. The minimum Gasteiger partial charge on any atom is -0.481 e. The molecule has 0 atom stereocenters. The first-order chi connectivity index (χ1) is 10.0. The molecule has 8 heteroatoms. The SMILES string of the molecule is Cc1nsc(NC(=O)Nc2ccc(CCC(=O)O)cc2)n1. The van der Waals surface area contributed by atoms with E-state index in [0.717, 1.165) is 17.1 Å². The maximum atomic E-state index is 11.7. The first kappa shape index (κ1) is 14.9. The van der Waals surface area contributed by atoms with Crippen LogP contribution in [0.25, 0.3) is 0 Å². The Morgan fingerprint density at radius 3 is 2.52 bits per heavy atom.